The highest BCUT2D eigenvalue weighted by molar-refractivity contribution is 6.12. The van der Waals surface area contributed by atoms with Gasteiger partial charge in [-0.05, 0) is 49.2 Å². The second-order valence-corrected chi connectivity index (χ2v) is 9.22. The van der Waals surface area contributed by atoms with E-state index >= 15 is 0 Å². The summed E-state index contributed by atoms with van der Waals surface area (Å²) in [4.78, 5) is 31.0. The lowest BCUT2D eigenvalue weighted by Crippen LogP contribution is -2.46. The molecule has 1 N–H and O–H groups in total. The lowest BCUT2D eigenvalue weighted by Gasteiger charge is -2.33. The van der Waals surface area contributed by atoms with Crippen LogP contribution in [0.2, 0.25) is 0 Å². The predicted octanol–water partition coefficient (Wildman–Crippen LogP) is 5.56. The average Bonchev–Trinajstić information content (AvgIpc) is 3.20. The minimum atomic E-state index is -0.898. The molecule has 1 aliphatic carbocycles. The second kappa shape index (κ2) is 10.2. The number of nitrogens with one attached hydrogen (secondary N) is 1. The molecule has 3 aromatic carbocycles. The van der Waals surface area contributed by atoms with Gasteiger partial charge in [0.05, 0.1) is 17.8 Å². The van der Waals surface area contributed by atoms with E-state index in [1.165, 1.54) is 23.1 Å². The van der Waals surface area contributed by atoms with Crippen LogP contribution in [0.4, 0.5) is 21.5 Å². The number of carbonyl (C=O) groups excluding carboxylic acids is 2. The summed E-state index contributed by atoms with van der Waals surface area (Å²) in [6, 6.07) is 21.5. The maximum absolute atomic E-state index is 14.3. The van der Waals surface area contributed by atoms with Gasteiger partial charge >= 0.3 is 0 Å². The molecule has 1 aliphatic heterocycles. The van der Waals surface area contributed by atoms with Crippen LogP contribution in [-0.2, 0) is 9.59 Å². The van der Waals surface area contributed by atoms with Crippen molar-refractivity contribution in [1.82, 2.24) is 0 Å². The molecule has 1 fully saturated rings. The van der Waals surface area contributed by atoms with Gasteiger partial charge in [0.15, 0.2) is 0 Å². The summed E-state index contributed by atoms with van der Waals surface area (Å²) < 4.78 is 14.3. The van der Waals surface area contributed by atoms with Crippen LogP contribution in [0, 0.1) is 17.1 Å². The van der Waals surface area contributed by atoms with Crippen molar-refractivity contribution in [1.29, 1.82) is 5.26 Å². The number of carbonyl (C=O) groups is 2. The molecule has 2 amide bonds. The number of halogens is 1. The van der Waals surface area contributed by atoms with Gasteiger partial charge in [0.25, 0.3) is 5.91 Å². The van der Waals surface area contributed by atoms with Crippen LogP contribution in [0.25, 0.3) is 0 Å². The number of rotatable bonds is 6. The fourth-order valence-corrected chi connectivity index (χ4v) is 5.34. The number of hydrogen-bond donors (Lipinski definition) is 1. The fraction of sp³-hybridized carbons (Fsp3) is 0.276. The summed E-state index contributed by atoms with van der Waals surface area (Å²) in [6.07, 6.45) is 5.14. The van der Waals surface area contributed by atoms with Crippen LogP contribution >= 0.6 is 0 Å². The largest absolute Gasteiger partial charge is 0.375 e. The Kier molecular flexibility index (Phi) is 6.68. The van der Waals surface area contributed by atoms with E-state index in [9.17, 15) is 19.2 Å². The number of amides is 2. The SMILES string of the molecule is N#Cc1ccccc1NCC(=O)N(c1cccc(F)c1)C1C(=O)N(C2CCCCC2)c2ccccc21. The van der Waals surface area contributed by atoms with Crippen molar-refractivity contribution in [3.05, 3.63) is 89.7 Å². The Morgan fingerprint density at radius 2 is 1.78 bits per heavy atom. The smallest absolute Gasteiger partial charge is 0.255 e. The van der Waals surface area contributed by atoms with Crippen molar-refractivity contribution in [2.24, 2.45) is 0 Å². The Bertz CT molecular complexity index is 1330. The molecule has 0 bridgehead atoms. The molecule has 7 heteroatoms. The standard InChI is InChI=1S/C29H27FN4O2/c30-21-10-8-13-23(17-21)34(27(35)19-32-25-15-6-4-9-20(25)18-31)28-24-14-5-7-16-26(24)33(29(28)36)22-11-2-1-3-12-22/h4-10,13-17,22,28,32H,1-3,11-12,19H2. The zero-order valence-electron chi connectivity index (χ0n) is 19.9. The molecule has 5 rings (SSSR count). The minimum Gasteiger partial charge on any atom is -0.375 e. The van der Waals surface area contributed by atoms with E-state index in [4.69, 9.17) is 0 Å². The maximum atomic E-state index is 14.3. The van der Waals surface area contributed by atoms with Gasteiger partial charge in [0.2, 0.25) is 5.91 Å². The zero-order valence-corrected chi connectivity index (χ0v) is 19.9. The first-order valence-electron chi connectivity index (χ1n) is 12.3. The van der Waals surface area contributed by atoms with Crippen LogP contribution in [0.15, 0.2) is 72.8 Å². The number of hydrogen-bond acceptors (Lipinski definition) is 4. The van der Waals surface area contributed by atoms with Crippen molar-refractivity contribution in [3.63, 3.8) is 0 Å². The monoisotopic (exact) mass is 482 g/mol. The fourth-order valence-electron chi connectivity index (χ4n) is 5.34. The number of para-hydroxylation sites is 2. The number of anilines is 3. The van der Waals surface area contributed by atoms with Gasteiger partial charge < -0.3 is 10.2 Å². The van der Waals surface area contributed by atoms with Crippen molar-refractivity contribution in [3.8, 4) is 6.07 Å². The van der Waals surface area contributed by atoms with Gasteiger partial charge in [-0.3, -0.25) is 14.5 Å². The normalized spacial score (nSPS) is 17.4. The Labute approximate surface area is 209 Å². The Hall–Kier alpha value is -4.18. The molecule has 0 saturated heterocycles. The number of nitriles is 1. The summed E-state index contributed by atoms with van der Waals surface area (Å²) in [6.45, 7) is -0.162. The molecular weight excluding hydrogens is 455 g/mol. The average molecular weight is 483 g/mol. The summed E-state index contributed by atoms with van der Waals surface area (Å²) >= 11 is 0. The highest BCUT2D eigenvalue weighted by atomic mass is 19.1. The van der Waals surface area contributed by atoms with Crippen molar-refractivity contribution < 1.29 is 14.0 Å². The molecular formula is C29H27FN4O2. The van der Waals surface area contributed by atoms with Gasteiger partial charge in [-0.25, -0.2) is 4.39 Å². The lowest BCUT2D eigenvalue weighted by atomic mass is 9.94. The van der Waals surface area contributed by atoms with Crippen LogP contribution in [0.1, 0.15) is 49.3 Å². The molecule has 36 heavy (non-hydrogen) atoms. The third-order valence-electron chi connectivity index (χ3n) is 6.99. The molecule has 0 radical (unpaired) electrons. The molecule has 0 spiro atoms. The highest BCUT2D eigenvalue weighted by Gasteiger charge is 2.45. The Morgan fingerprint density at radius 1 is 1.03 bits per heavy atom. The molecule has 1 atom stereocenters. The number of benzene rings is 3. The van der Waals surface area contributed by atoms with E-state index in [-0.39, 0.29) is 18.5 Å². The van der Waals surface area contributed by atoms with Crippen molar-refractivity contribution in [2.45, 2.75) is 44.2 Å². The van der Waals surface area contributed by atoms with E-state index in [0.29, 0.717) is 16.9 Å². The molecule has 1 saturated carbocycles. The minimum absolute atomic E-state index is 0.0856. The molecule has 0 aromatic heterocycles. The first kappa shape index (κ1) is 23.6. The third kappa shape index (κ3) is 4.42. The molecule has 182 valence electrons. The molecule has 1 unspecified atom stereocenters. The Balaban J connectivity index is 1.52. The predicted molar refractivity (Wildman–Crippen MR) is 137 cm³/mol. The van der Waals surface area contributed by atoms with Gasteiger partial charge in [0, 0.05) is 23.0 Å². The van der Waals surface area contributed by atoms with Crippen molar-refractivity contribution in [2.75, 3.05) is 21.7 Å². The summed E-state index contributed by atoms with van der Waals surface area (Å²) in [7, 11) is 0. The lowest BCUT2D eigenvalue weighted by molar-refractivity contribution is -0.124. The van der Waals surface area contributed by atoms with E-state index in [1.54, 1.807) is 30.3 Å². The summed E-state index contributed by atoms with van der Waals surface area (Å²) in [5.41, 5.74) is 2.80. The van der Waals surface area contributed by atoms with Crippen molar-refractivity contribution >= 4 is 28.9 Å². The molecule has 3 aromatic rings. The summed E-state index contributed by atoms with van der Waals surface area (Å²) in [5.74, 6) is -1.05. The second-order valence-electron chi connectivity index (χ2n) is 9.22. The van der Waals surface area contributed by atoms with E-state index in [1.807, 2.05) is 29.2 Å². The van der Waals surface area contributed by atoms with Crippen LogP contribution in [0.5, 0.6) is 0 Å². The topological polar surface area (TPSA) is 76.4 Å². The van der Waals surface area contributed by atoms with Gasteiger partial charge in [-0.2, -0.15) is 5.26 Å². The molecule has 6 nitrogen and oxygen atoms in total. The zero-order chi connectivity index (χ0) is 25.1. The third-order valence-corrected chi connectivity index (χ3v) is 6.99. The summed E-state index contributed by atoms with van der Waals surface area (Å²) in [5, 5.41) is 12.4. The van der Waals surface area contributed by atoms with Crippen LogP contribution in [-0.4, -0.2) is 24.4 Å². The van der Waals surface area contributed by atoms with Gasteiger partial charge in [0.1, 0.15) is 17.9 Å². The number of fused-ring (bicyclic) bond motifs is 1. The quantitative estimate of drug-likeness (QED) is 0.499. The van der Waals surface area contributed by atoms with E-state index in [2.05, 4.69) is 11.4 Å². The first-order chi connectivity index (χ1) is 17.6. The highest BCUT2D eigenvalue weighted by Crippen LogP contribution is 2.44. The molecule has 2 aliphatic rings. The number of nitrogens with zero attached hydrogens (tertiary/aromatic N) is 3. The van der Waals surface area contributed by atoms with Crippen LogP contribution < -0.4 is 15.1 Å². The molecule has 1 heterocycles. The van der Waals surface area contributed by atoms with Gasteiger partial charge in [-0.15, -0.1) is 0 Å². The van der Waals surface area contributed by atoms with E-state index in [0.717, 1.165) is 43.4 Å². The Morgan fingerprint density at radius 3 is 2.56 bits per heavy atom. The first-order valence-corrected chi connectivity index (χ1v) is 12.3. The maximum Gasteiger partial charge on any atom is 0.255 e. The van der Waals surface area contributed by atoms with Gasteiger partial charge in [-0.1, -0.05) is 55.7 Å². The van der Waals surface area contributed by atoms with Crippen LogP contribution in [0.3, 0.4) is 0 Å². The van der Waals surface area contributed by atoms with E-state index < -0.39 is 17.8 Å².